The Bertz CT molecular complexity index is 917. The maximum Gasteiger partial charge on any atom is 0.326 e. The highest BCUT2D eigenvalue weighted by Gasteiger charge is 2.31. The molecule has 13 nitrogen and oxygen atoms in total. The highest BCUT2D eigenvalue weighted by molar-refractivity contribution is 5.94. The molecule has 1 aliphatic heterocycles. The van der Waals surface area contributed by atoms with Gasteiger partial charge in [-0.2, -0.15) is 0 Å². The molecular formula is C23H35N7O6. The van der Waals surface area contributed by atoms with E-state index in [1.54, 1.807) is 24.3 Å². The van der Waals surface area contributed by atoms with E-state index >= 15 is 0 Å². The molecule has 3 amide bonds. The second-order valence-electron chi connectivity index (χ2n) is 8.49. The Kier molecular flexibility index (Phi) is 11.6. The van der Waals surface area contributed by atoms with Gasteiger partial charge in [-0.05, 0) is 37.8 Å². The predicted molar refractivity (Wildman–Crippen MR) is 132 cm³/mol. The Balaban J connectivity index is 2.04. The Morgan fingerprint density at radius 2 is 1.69 bits per heavy atom. The van der Waals surface area contributed by atoms with Crippen molar-refractivity contribution in [3.63, 3.8) is 0 Å². The highest BCUT2D eigenvalue weighted by Crippen LogP contribution is 2.08. The number of carbonyl (C=O) groups excluding carboxylic acids is 3. The van der Waals surface area contributed by atoms with Crippen molar-refractivity contribution in [2.45, 2.75) is 56.3 Å². The summed E-state index contributed by atoms with van der Waals surface area (Å²) < 4.78 is 0. The lowest BCUT2D eigenvalue weighted by Gasteiger charge is -2.24. The maximum atomic E-state index is 13.1. The number of aliphatic carboxylic acids is 1. The normalized spacial score (nSPS) is 17.3. The minimum absolute atomic E-state index is 0.0328. The summed E-state index contributed by atoms with van der Waals surface area (Å²) in [6.45, 7) is 0.115. The molecule has 2 rings (SSSR count). The lowest BCUT2D eigenvalue weighted by molar-refractivity contribution is -0.142. The summed E-state index contributed by atoms with van der Waals surface area (Å²) in [6.07, 6.45) is 1.97. The van der Waals surface area contributed by atoms with E-state index in [0.29, 0.717) is 13.0 Å². The van der Waals surface area contributed by atoms with Gasteiger partial charge in [0.15, 0.2) is 5.96 Å². The molecule has 198 valence electrons. The number of hydrogen-bond donors (Lipinski definition) is 8. The summed E-state index contributed by atoms with van der Waals surface area (Å²) in [5.41, 5.74) is 11.3. The molecule has 1 saturated heterocycles. The molecule has 0 saturated carbocycles. The van der Waals surface area contributed by atoms with Crippen molar-refractivity contribution in [3.05, 3.63) is 35.9 Å². The average Bonchev–Trinajstić information content (AvgIpc) is 3.39. The van der Waals surface area contributed by atoms with Gasteiger partial charge in [0, 0.05) is 13.0 Å². The van der Waals surface area contributed by atoms with E-state index in [4.69, 9.17) is 11.5 Å². The van der Waals surface area contributed by atoms with E-state index in [0.717, 1.165) is 12.0 Å². The van der Waals surface area contributed by atoms with Crippen molar-refractivity contribution in [1.29, 1.82) is 0 Å². The van der Waals surface area contributed by atoms with E-state index in [-0.39, 0.29) is 37.7 Å². The van der Waals surface area contributed by atoms with Crippen LogP contribution in [0.1, 0.15) is 31.2 Å². The third-order valence-electron chi connectivity index (χ3n) is 5.67. The minimum Gasteiger partial charge on any atom is -0.480 e. The number of aliphatic hydroxyl groups is 1. The van der Waals surface area contributed by atoms with Crippen molar-refractivity contribution in [1.82, 2.24) is 21.3 Å². The van der Waals surface area contributed by atoms with Gasteiger partial charge in [-0.1, -0.05) is 30.3 Å². The summed E-state index contributed by atoms with van der Waals surface area (Å²) in [5.74, 6) is -3.30. The molecule has 0 aromatic heterocycles. The summed E-state index contributed by atoms with van der Waals surface area (Å²) in [4.78, 5) is 53.7. The molecule has 1 heterocycles. The fraction of sp³-hybridized carbons (Fsp3) is 0.522. The van der Waals surface area contributed by atoms with Crippen LogP contribution in [0.3, 0.4) is 0 Å². The quantitative estimate of drug-likeness (QED) is 0.0763. The van der Waals surface area contributed by atoms with Crippen LogP contribution >= 0.6 is 0 Å². The number of aliphatic imine (C=N–C) groups is 1. The number of carbonyl (C=O) groups is 4. The van der Waals surface area contributed by atoms with Crippen molar-refractivity contribution >= 4 is 29.7 Å². The van der Waals surface area contributed by atoms with Crippen LogP contribution in [0, 0.1) is 0 Å². The number of hydrogen-bond acceptors (Lipinski definition) is 7. The Labute approximate surface area is 209 Å². The van der Waals surface area contributed by atoms with Gasteiger partial charge >= 0.3 is 5.97 Å². The second kappa shape index (κ2) is 14.6. The first-order valence-corrected chi connectivity index (χ1v) is 11.8. The average molecular weight is 506 g/mol. The number of guanidine groups is 1. The molecule has 1 aromatic rings. The van der Waals surface area contributed by atoms with Crippen LogP contribution in [0.15, 0.2) is 35.3 Å². The van der Waals surface area contributed by atoms with Gasteiger partial charge < -0.3 is 42.9 Å². The summed E-state index contributed by atoms with van der Waals surface area (Å²) in [7, 11) is 0. The molecule has 1 fully saturated rings. The van der Waals surface area contributed by atoms with Crippen LogP contribution in [0.4, 0.5) is 0 Å². The number of nitrogens with two attached hydrogens (primary N) is 2. The van der Waals surface area contributed by atoms with Crippen LogP contribution in [-0.4, -0.2) is 83.7 Å². The maximum absolute atomic E-state index is 13.1. The van der Waals surface area contributed by atoms with Gasteiger partial charge in [0.25, 0.3) is 0 Å². The van der Waals surface area contributed by atoms with Crippen molar-refractivity contribution < 1.29 is 29.4 Å². The van der Waals surface area contributed by atoms with Gasteiger partial charge in [0.1, 0.15) is 18.1 Å². The molecule has 0 aliphatic carbocycles. The zero-order valence-corrected chi connectivity index (χ0v) is 20.0. The van der Waals surface area contributed by atoms with Crippen molar-refractivity contribution in [3.8, 4) is 0 Å². The molecule has 1 aromatic carbocycles. The smallest absolute Gasteiger partial charge is 0.326 e. The van der Waals surface area contributed by atoms with Gasteiger partial charge in [0.05, 0.1) is 12.6 Å². The SMILES string of the molecule is NC(N)=NCCCC(NC(=O)C(CO)NC(=O)C(Cc1ccccc1)NC(=O)C1CCCN1)C(=O)O. The van der Waals surface area contributed by atoms with E-state index in [9.17, 15) is 29.4 Å². The summed E-state index contributed by atoms with van der Waals surface area (Å²) in [5, 5.41) is 29.7. The Hall–Kier alpha value is -3.71. The lowest BCUT2D eigenvalue weighted by Crippen LogP contribution is -2.58. The Morgan fingerprint density at radius 3 is 2.28 bits per heavy atom. The Morgan fingerprint density at radius 1 is 1.03 bits per heavy atom. The predicted octanol–water partition coefficient (Wildman–Crippen LogP) is -2.43. The van der Waals surface area contributed by atoms with Crippen LogP contribution in [0.25, 0.3) is 0 Å². The van der Waals surface area contributed by atoms with Crippen LogP contribution in [0.2, 0.25) is 0 Å². The number of rotatable bonds is 14. The number of carboxylic acids is 1. The van der Waals surface area contributed by atoms with E-state index in [1.165, 1.54) is 0 Å². The number of aliphatic hydroxyl groups excluding tert-OH is 1. The molecule has 0 radical (unpaired) electrons. The first-order valence-electron chi connectivity index (χ1n) is 11.8. The zero-order chi connectivity index (χ0) is 26.5. The third-order valence-corrected chi connectivity index (χ3v) is 5.67. The van der Waals surface area contributed by atoms with Crippen molar-refractivity contribution in [2.75, 3.05) is 19.7 Å². The molecular weight excluding hydrogens is 470 g/mol. The first kappa shape index (κ1) is 28.5. The fourth-order valence-electron chi connectivity index (χ4n) is 3.74. The summed E-state index contributed by atoms with van der Waals surface area (Å²) in [6, 6.07) is 4.90. The molecule has 10 N–H and O–H groups in total. The van der Waals surface area contributed by atoms with E-state index < -0.39 is 48.6 Å². The van der Waals surface area contributed by atoms with Gasteiger partial charge in [-0.15, -0.1) is 0 Å². The third kappa shape index (κ3) is 9.50. The fourth-order valence-corrected chi connectivity index (χ4v) is 3.74. The number of amides is 3. The molecule has 36 heavy (non-hydrogen) atoms. The minimum atomic E-state index is -1.42. The molecule has 4 unspecified atom stereocenters. The molecule has 0 spiro atoms. The van der Waals surface area contributed by atoms with Gasteiger partial charge in [0.2, 0.25) is 17.7 Å². The van der Waals surface area contributed by atoms with Crippen LogP contribution in [0.5, 0.6) is 0 Å². The van der Waals surface area contributed by atoms with E-state index in [2.05, 4.69) is 26.3 Å². The second-order valence-corrected chi connectivity index (χ2v) is 8.49. The lowest BCUT2D eigenvalue weighted by atomic mass is 10.0. The van der Waals surface area contributed by atoms with Gasteiger partial charge in [-0.25, -0.2) is 4.79 Å². The number of benzene rings is 1. The summed E-state index contributed by atoms with van der Waals surface area (Å²) >= 11 is 0. The number of nitrogens with zero attached hydrogens (tertiary/aromatic N) is 1. The zero-order valence-electron chi connectivity index (χ0n) is 20.0. The van der Waals surface area contributed by atoms with E-state index in [1.807, 2.05) is 6.07 Å². The topological polar surface area (TPSA) is 221 Å². The first-order chi connectivity index (χ1) is 17.2. The van der Waals surface area contributed by atoms with Gasteiger partial charge in [-0.3, -0.25) is 19.4 Å². The number of nitrogens with one attached hydrogen (secondary N) is 4. The van der Waals surface area contributed by atoms with Crippen LogP contribution in [-0.2, 0) is 25.6 Å². The van der Waals surface area contributed by atoms with Crippen LogP contribution < -0.4 is 32.7 Å². The molecule has 1 aliphatic rings. The van der Waals surface area contributed by atoms with Crippen molar-refractivity contribution in [2.24, 2.45) is 16.5 Å². The number of carboxylic acid groups (broad SMARTS) is 1. The monoisotopic (exact) mass is 505 g/mol. The molecule has 0 bridgehead atoms. The molecule has 13 heteroatoms. The standard InChI is InChI=1S/C23H35N7O6/c24-23(25)27-11-5-9-16(22(35)36)28-21(34)18(13-31)30-20(33)17(12-14-6-2-1-3-7-14)29-19(32)15-8-4-10-26-15/h1-3,6-7,15-18,26,31H,4-5,8-13H2,(H,28,34)(H,29,32)(H,30,33)(H,35,36)(H4,24,25,27). The highest BCUT2D eigenvalue weighted by atomic mass is 16.4. The molecule has 4 atom stereocenters. The largest absolute Gasteiger partial charge is 0.480 e.